The highest BCUT2D eigenvalue weighted by atomic mass is 19.1. The van der Waals surface area contributed by atoms with E-state index in [1.807, 2.05) is 0 Å². The summed E-state index contributed by atoms with van der Waals surface area (Å²) in [6.07, 6.45) is 0.124. The van der Waals surface area contributed by atoms with Crippen LogP contribution >= 0.6 is 0 Å². The molecule has 7 nitrogen and oxygen atoms in total. The van der Waals surface area contributed by atoms with Gasteiger partial charge in [-0.3, -0.25) is 4.79 Å². The van der Waals surface area contributed by atoms with Crippen LogP contribution in [0, 0.1) is 5.82 Å². The molecule has 27 heavy (non-hydrogen) atoms. The largest absolute Gasteiger partial charge is 0.486 e. The number of carbonyl (C=O) groups excluding carboxylic acids is 1. The zero-order chi connectivity index (χ0) is 19.2. The second-order valence-electron chi connectivity index (χ2n) is 5.97. The van der Waals surface area contributed by atoms with Crippen LogP contribution in [0.5, 0.6) is 17.5 Å². The minimum atomic E-state index is -0.443. The lowest BCUT2D eigenvalue weighted by molar-refractivity contribution is -0.0136. The number of aromatic nitrogens is 1. The summed E-state index contributed by atoms with van der Waals surface area (Å²) < 4.78 is 34.9. The molecule has 0 saturated carbocycles. The van der Waals surface area contributed by atoms with Gasteiger partial charge in [-0.2, -0.15) is 4.98 Å². The summed E-state index contributed by atoms with van der Waals surface area (Å²) in [5, 5.41) is 2.93. The monoisotopic (exact) mass is 376 g/mol. The van der Waals surface area contributed by atoms with Crippen molar-refractivity contribution in [3.05, 3.63) is 47.8 Å². The van der Waals surface area contributed by atoms with Gasteiger partial charge in [0, 0.05) is 18.7 Å². The van der Waals surface area contributed by atoms with E-state index in [0.717, 1.165) is 0 Å². The average molecular weight is 376 g/mol. The van der Waals surface area contributed by atoms with E-state index >= 15 is 0 Å². The van der Waals surface area contributed by atoms with Crippen molar-refractivity contribution in [3.8, 4) is 17.5 Å². The number of carbonyl (C=O) groups is 1. The number of nitrogens with zero attached hydrogens (tertiary/aromatic N) is 1. The van der Waals surface area contributed by atoms with Gasteiger partial charge in [-0.15, -0.1) is 0 Å². The highest BCUT2D eigenvalue weighted by Gasteiger charge is 2.30. The summed E-state index contributed by atoms with van der Waals surface area (Å²) in [5.74, 6) is 0.164. The Kier molecular flexibility index (Phi) is 6.08. The molecule has 0 spiro atoms. The molecular weight excluding hydrogens is 355 g/mol. The molecule has 1 aromatic carbocycles. The minimum Gasteiger partial charge on any atom is -0.486 e. The highest BCUT2D eigenvalue weighted by Crippen LogP contribution is 2.22. The van der Waals surface area contributed by atoms with Crippen LogP contribution in [0.4, 0.5) is 4.39 Å². The van der Waals surface area contributed by atoms with E-state index in [9.17, 15) is 9.18 Å². The summed E-state index contributed by atoms with van der Waals surface area (Å²) in [6.45, 7) is 0.783. The lowest BCUT2D eigenvalue weighted by atomic mass is 10.1. The van der Waals surface area contributed by atoms with Crippen LogP contribution in [-0.4, -0.2) is 50.5 Å². The van der Waals surface area contributed by atoms with E-state index in [4.69, 9.17) is 18.9 Å². The first-order valence-corrected chi connectivity index (χ1v) is 8.50. The SMILES string of the molecule is COc1ccc(C(=O)N[C@@H]2CCOC[C@H]2Oc2cccc(F)c2)c(OC)n1. The van der Waals surface area contributed by atoms with Crippen molar-refractivity contribution in [2.45, 2.75) is 18.6 Å². The molecule has 1 fully saturated rings. The highest BCUT2D eigenvalue weighted by molar-refractivity contribution is 5.96. The molecule has 2 atom stereocenters. The Morgan fingerprint density at radius 1 is 1.26 bits per heavy atom. The molecule has 8 heteroatoms. The third kappa shape index (κ3) is 4.65. The van der Waals surface area contributed by atoms with Crippen molar-refractivity contribution < 1.29 is 28.1 Å². The summed E-state index contributed by atoms with van der Waals surface area (Å²) in [4.78, 5) is 16.8. The molecule has 3 rings (SSSR count). The Labute approximate surface area is 156 Å². The average Bonchev–Trinajstić information content (AvgIpc) is 2.69. The number of halogens is 1. The third-order valence-electron chi connectivity index (χ3n) is 4.19. The molecule has 0 unspecified atom stereocenters. The van der Waals surface area contributed by atoms with Crippen LogP contribution < -0.4 is 19.5 Å². The number of benzene rings is 1. The predicted octanol–water partition coefficient (Wildman–Crippen LogP) is 2.20. The number of hydrogen-bond acceptors (Lipinski definition) is 6. The zero-order valence-corrected chi connectivity index (χ0v) is 15.1. The van der Waals surface area contributed by atoms with Crippen LogP contribution in [0.1, 0.15) is 16.8 Å². The van der Waals surface area contributed by atoms with E-state index in [-0.39, 0.29) is 29.2 Å². The fourth-order valence-corrected chi connectivity index (χ4v) is 2.82. The molecule has 1 aliphatic heterocycles. The van der Waals surface area contributed by atoms with Crippen molar-refractivity contribution in [1.29, 1.82) is 0 Å². The summed E-state index contributed by atoms with van der Waals surface area (Å²) in [6, 6.07) is 8.73. The summed E-state index contributed by atoms with van der Waals surface area (Å²) >= 11 is 0. The standard InChI is InChI=1S/C19H21FN2O5/c1-24-17-7-6-14(19(22-17)25-2)18(23)21-15-8-9-26-11-16(15)27-13-5-3-4-12(20)10-13/h3-7,10,15-16H,8-9,11H2,1-2H3,(H,21,23)/t15-,16-/m1/s1. The topological polar surface area (TPSA) is 78.9 Å². The molecule has 2 heterocycles. The lowest BCUT2D eigenvalue weighted by Crippen LogP contribution is -2.51. The van der Waals surface area contributed by atoms with Gasteiger partial charge in [0.25, 0.3) is 5.91 Å². The normalized spacial score (nSPS) is 19.2. The summed E-state index contributed by atoms with van der Waals surface area (Å²) in [5.41, 5.74) is 0.286. The molecule has 1 aromatic heterocycles. The first kappa shape index (κ1) is 18.9. The van der Waals surface area contributed by atoms with Crippen molar-refractivity contribution in [1.82, 2.24) is 10.3 Å². The Balaban J connectivity index is 1.73. The van der Waals surface area contributed by atoms with E-state index in [2.05, 4.69) is 10.3 Å². The van der Waals surface area contributed by atoms with Gasteiger partial charge in [0.05, 0.1) is 26.9 Å². The van der Waals surface area contributed by atoms with Crippen LogP contribution in [0.2, 0.25) is 0 Å². The van der Waals surface area contributed by atoms with E-state index in [1.165, 1.54) is 26.4 Å². The van der Waals surface area contributed by atoms with Gasteiger partial charge in [0.1, 0.15) is 23.2 Å². The fraction of sp³-hybridized carbons (Fsp3) is 0.368. The molecule has 1 aliphatic rings. The molecule has 144 valence electrons. The maximum Gasteiger partial charge on any atom is 0.257 e. The van der Waals surface area contributed by atoms with Gasteiger partial charge < -0.3 is 24.3 Å². The first-order valence-electron chi connectivity index (χ1n) is 8.50. The fourth-order valence-electron chi connectivity index (χ4n) is 2.82. The molecule has 1 N–H and O–H groups in total. The van der Waals surface area contributed by atoms with Crippen molar-refractivity contribution >= 4 is 5.91 Å². The van der Waals surface area contributed by atoms with Gasteiger partial charge in [-0.25, -0.2) is 4.39 Å². The van der Waals surface area contributed by atoms with Crippen molar-refractivity contribution in [3.63, 3.8) is 0 Å². The Hall–Kier alpha value is -2.87. The molecule has 0 radical (unpaired) electrons. The molecule has 0 aliphatic carbocycles. The number of rotatable bonds is 6. The number of pyridine rings is 1. The van der Waals surface area contributed by atoms with Crippen LogP contribution in [0.15, 0.2) is 36.4 Å². The van der Waals surface area contributed by atoms with E-state index in [0.29, 0.717) is 31.3 Å². The van der Waals surface area contributed by atoms with Crippen molar-refractivity contribution in [2.75, 3.05) is 27.4 Å². The quantitative estimate of drug-likeness (QED) is 0.833. The van der Waals surface area contributed by atoms with Crippen LogP contribution in [0.25, 0.3) is 0 Å². The van der Waals surface area contributed by atoms with Gasteiger partial charge in [0.2, 0.25) is 11.8 Å². The van der Waals surface area contributed by atoms with Crippen molar-refractivity contribution in [2.24, 2.45) is 0 Å². The predicted molar refractivity (Wildman–Crippen MR) is 94.8 cm³/mol. The Morgan fingerprint density at radius 2 is 2.11 bits per heavy atom. The second-order valence-corrected chi connectivity index (χ2v) is 5.97. The number of amides is 1. The smallest absolute Gasteiger partial charge is 0.257 e. The number of nitrogens with one attached hydrogen (secondary N) is 1. The van der Waals surface area contributed by atoms with Crippen LogP contribution in [0.3, 0.4) is 0 Å². The lowest BCUT2D eigenvalue weighted by Gasteiger charge is -2.32. The molecule has 0 bridgehead atoms. The van der Waals surface area contributed by atoms with E-state index < -0.39 is 6.10 Å². The van der Waals surface area contributed by atoms with Gasteiger partial charge >= 0.3 is 0 Å². The molecule has 2 aromatic rings. The molecule has 1 amide bonds. The van der Waals surface area contributed by atoms with Gasteiger partial charge in [-0.05, 0) is 24.6 Å². The number of hydrogen-bond donors (Lipinski definition) is 1. The Bertz CT molecular complexity index is 801. The van der Waals surface area contributed by atoms with E-state index in [1.54, 1.807) is 24.3 Å². The minimum absolute atomic E-state index is 0.168. The molecular formula is C19H21FN2O5. The maximum absolute atomic E-state index is 13.4. The Morgan fingerprint density at radius 3 is 2.85 bits per heavy atom. The molecule has 1 saturated heterocycles. The third-order valence-corrected chi connectivity index (χ3v) is 4.19. The number of methoxy groups -OCH3 is 2. The maximum atomic E-state index is 13.4. The second kappa shape index (κ2) is 8.68. The first-order chi connectivity index (χ1) is 13.1. The van der Waals surface area contributed by atoms with Crippen LogP contribution in [-0.2, 0) is 4.74 Å². The van der Waals surface area contributed by atoms with Gasteiger partial charge in [0.15, 0.2) is 0 Å². The summed E-state index contributed by atoms with van der Waals surface area (Å²) in [7, 11) is 2.92. The number of ether oxygens (including phenoxy) is 4. The zero-order valence-electron chi connectivity index (χ0n) is 15.1. The van der Waals surface area contributed by atoms with Gasteiger partial charge in [-0.1, -0.05) is 6.07 Å².